The summed E-state index contributed by atoms with van der Waals surface area (Å²) < 4.78 is 5.37. The first-order valence-electron chi connectivity index (χ1n) is 7.79. The molecule has 0 unspecified atom stereocenters. The van der Waals surface area contributed by atoms with Gasteiger partial charge in [0, 0.05) is 37.9 Å². The summed E-state index contributed by atoms with van der Waals surface area (Å²) in [5, 5.41) is 20.2. The molecule has 7 heteroatoms. The molecule has 2 aliphatic rings. The Morgan fingerprint density at radius 1 is 1.23 bits per heavy atom. The topological polar surface area (TPSA) is 82.0 Å². The molecule has 7 nitrogen and oxygen atoms in total. The Balaban J connectivity index is 1.80. The molecule has 3 heterocycles. The van der Waals surface area contributed by atoms with E-state index in [4.69, 9.17) is 4.74 Å². The van der Waals surface area contributed by atoms with Crippen LogP contribution in [-0.2, 0) is 4.74 Å². The minimum absolute atomic E-state index is 0.381. The van der Waals surface area contributed by atoms with Crippen LogP contribution in [0, 0.1) is 6.92 Å². The third kappa shape index (κ3) is 3.16. The van der Waals surface area contributed by atoms with Crippen molar-refractivity contribution in [1.82, 2.24) is 9.97 Å². The molecule has 0 saturated carbocycles. The van der Waals surface area contributed by atoms with E-state index in [9.17, 15) is 10.2 Å². The Kier molecular flexibility index (Phi) is 4.20. The molecule has 1 aromatic rings. The highest BCUT2D eigenvalue weighted by atomic mass is 16.5. The fourth-order valence-corrected chi connectivity index (χ4v) is 2.84. The zero-order valence-electron chi connectivity index (χ0n) is 13.2. The molecule has 1 aromatic heterocycles. The van der Waals surface area contributed by atoms with Crippen molar-refractivity contribution >= 4 is 11.8 Å². The Morgan fingerprint density at radius 2 is 1.95 bits per heavy atom. The fraction of sp³-hybridized carbons (Fsp3) is 0.733. The molecule has 0 radical (unpaired) electrons. The minimum Gasteiger partial charge on any atom is -0.388 e. The van der Waals surface area contributed by atoms with E-state index < -0.39 is 11.7 Å². The Labute approximate surface area is 130 Å². The van der Waals surface area contributed by atoms with Gasteiger partial charge in [-0.15, -0.1) is 0 Å². The van der Waals surface area contributed by atoms with E-state index in [1.165, 1.54) is 0 Å². The van der Waals surface area contributed by atoms with Crippen molar-refractivity contribution in [3.63, 3.8) is 0 Å². The molecule has 2 aliphatic heterocycles. The van der Waals surface area contributed by atoms with Crippen LogP contribution in [0.25, 0.3) is 0 Å². The first-order chi connectivity index (χ1) is 10.5. The highest BCUT2D eigenvalue weighted by Crippen LogP contribution is 2.26. The second kappa shape index (κ2) is 5.98. The van der Waals surface area contributed by atoms with Gasteiger partial charge in [0.15, 0.2) is 0 Å². The molecule has 2 fully saturated rings. The van der Waals surface area contributed by atoms with E-state index in [0.717, 1.165) is 24.6 Å². The molecular formula is C15H24N4O3. The number of aryl methyl sites for hydroxylation is 1. The van der Waals surface area contributed by atoms with Crippen LogP contribution in [0.15, 0.2) is 6.07 Å². The monoisotopic (exact) mass is 308 g/mol. The standard InChI is InChI=1S/C15H24N4O3/c1-11-9-13(19-4-3-15(2,21)12(20)10-19)17-14(16-11)18-5-7-22-8-6-18/h9,12,20-21H,3-8,10H2,1-2H3/t12-,15+/m0/s1. The smallest absolute Gasteiger partial charge is 0.227 e. The molecule has 122 valence electrons. The normalized spacial score (nSPS) is 29.7. The number of nitrogens with zero attached hydrogens (tertiary/aromatic N) is 4. The second-order valence-electron chi connectivity index (χ2n) is 6.34. The van der Waals surface area contributed by atoms with E-state index >= 15 is 0 Å². The van der Waals surface area contributed by atoms with Crippen molar-refractivity contribution in [2.45, 2.75) is 32.0 Å². The number of β-amino-alcohol motifs (C(OH)–C–C–N with tert-alkyl or cyclic N) is 1. The van der Waals surface area contributed by atoms with Crippen LogP contribution in [0.5, 0.6) is 0 Å². The van der Waals surface area contributed by atoms with Crippen LogP contribution in [0.1, 0.15) is 19.0 Å². The Morgan fingerprint density at radius 3 is 2.64 bits per heavy atom. The Bertz CT molecular complexity index is 532. The van der Waals surface area contributed by atoms with Crippen molar-refractivity contribution < 1.29 is 14.9 Å². The highest BCUT2D eigenvalue weighted by molar-refractivity contribution is 5.47. The van der Waals surface area contributed by atoms with Crippen LogP contribution in [-0.4, -0.2) is 71.3 Å². The molecule has 0 spiro atoms. The zero-order chi connectivity index (χ0) is 15.7. The lowest BCUT2D eigenvalue weighted by molar-refractivity contribution is -0.0722. The van der Waals surface area contributed by atoms with Crippen LogP contribution < -0.4 is 9.80 Å². The number of aromatic nitrogens is 2. The first-order valence-corrected chi connectivity index (χ1v) is 7.79. The number of hydrogen-bond acceptors (Lipinski definition) is 7. The predicted octanol–water partition coefficient (Wildman–Crippen LogP) is -0.0564. The van der Waals surface area contributed by atoms with Crippen molar-refractivity contribution in [3.8, 4) is 0 Å². The quantitative estimate of drug-likeness (QED) is 0.792. The summed E-state index contributed by atoms with van der Waals surface area (Å²) in [6.07, 6.45) is -0.257. The highest BCUT2D eigenvalue weighted by Gasteiger charge is 2.37. The molecule has 2 saturated heterocycles. The summed E-state index contributed by atoms with van der Waals surface area (Å²) in [6, 6.07) is 1.93. The molecule has 3 rings (SSSR count). The molecule has 0 aliphatic carbocycles. The van der Waals surface area contributed by atoms with Crippen LogP contribution in [0.4, 0.5) is 11.8 Å². The lowest BCUT2D eigenvalue weighted by atomic mass is 9.91. The van der Waals surface area contributed by atoms with Gasteiger partial charge in [0.1, 0.15) is 5.82 Å². The van der Waals surface area contributed by atoms with Gasteiger partial charge >= 0.3 is 0 Å². The van der Waals surface area contributed by atoms with Gasteiger partial charge in [-0.1, -0.05) is 0 Å². The molecule has 2 atom stereocenters. The number of hydrogen-bond donors (Lipinski definition) is 2. The summed E-state index contributed by atoms with van der Waals surface area (Å²) in [4.78, 5) is 13.3. The number of rotatable bonds is 2. The van der Waals surface area contributed by atoms with E-state index in [2.05, 4.69) is 14.9 Å². The summed E-state index contributed by atoms with van der Waals surface area (Å²) in [7, 11) is 0. The third-order valence-corrected chi connectivity index (χ3v) is 4.45. The third-order valence-electron chi connectivity index (χ3n) is 4.45. The number of ether oxygens (including phenoxy) is 1. The Hall–Kier alpha value is -1.44. The largest absolute Gasteiger partial charge is 0.388 e. The lowest BCUT2D eigenvalue weighted by Gasteiger charge is -2.40. The molecular weight excluding hydrogens is 284 g/mol. The molecule has 2 N–H and O–H groups in total. The van der Waals surface area contributed by atoms with Gasteiger partial charge in [-0.25, -0.2) is 4.98 Å². The maximum atomic E-state index is 10.1. The first kappa shape index (κ1) is 15.5. The minimum atomic E-state index is -1.02. The van der Waals surface area contributed by atoms with Crippen LogP contribution in [0.2, 0.25) is 0 Å². The maximum Gasteiger partial charge on any atom is 0.227 e. The fourth-order valence-electron chi connectivity index (χ4n) is 2.84. The zero-order valence-corrected chi connectivity index (χ0v) is 13.2. The summed E-state index contributed by atoms with van der Waals surface area (Å²) in [5.41, 5.74) is -0.121. The van der Waals surface area contributed by atoms with E-state index in [0.29, 0.717) is 38.7 Å². The average molecular weight is 308 g/mol. The van der Waals surface area contributed by atoms with E-state index in [-0.39, 0.29) is 0 Å². The van der Waals surface area contributed by atoms with Gasteiger partial charge in [-0.2, -0.15) is 4.98 Å². The van der Waals surface area contributed by atoms with Gasteiger partial charge < -0.3 is 24.7 Å². The maximum absolute atomic E-state index is 10.1. The molecule has 0 amide bonds. The number of piperidine rings is 1. The van der Waals surface area contributed by atoms with Gasteiger partial charge in [-0.3, -0.25) is 0 Å². The molecule has 22 heavy (non-hydrogen) atoms. The summed E-state index contributed by atoms with van der Waals surface area (Å²) >= 11 is 0. The van der Waals surface area contributed by atoms with Crippen LogP contribution in [0.3, 0.4) is 0 Å². The number of anilines is 2. The molecule has 0 aromatic carbocycles. The van der Waals surface area contributed by atoms with Crippen molar-refractivity contribution in [2.24, 2.45) is 0 Å². The number of morpholine rings is 1. The van der Waals surface area contributed by atoms with Crippen molar-refractivity contribution in [2.75, 3.05) is 49.2 Å². The van der Waals surface area contributed by atoms with Gasteiger partial charge in [0.05, 0.1) is 24.9 Å². The van der Waals surface area contributed by atoms with Gasteiger partial charge in [0.2, 0.25) is 5.95 Å². The van der Waals surface area contributed by atoms with E-state index in [1.807, 2.05) is 17.9 Å². The van der Waals surface area contributed by atoms with Crippen molar-refractivity contribution in [1.29, 1.82) is 0 Å². The van der Waals surface area contributed by atoms with E-state index in [1.54, 1.807) is 6.92 Å². The van der Waals surface area contributed by atoms with Gasteiger partial charge in [-0.05, 0) is 20.3 Å². The van der Waals surface area contributed by atoms with Gasteiger partial charge in [0.25, 0.3) is 0 Å². The number of aliphatic hydroxyl groups excluding tert-OH is 1. The lowest BCUT2D eigenvalue weighted by Crippen LogP contribution is -2.54. The SMILES string of the molecule is Cc1cc(N2CC[C@@](C)(O)[C@@H](O)C2)nc(N2CCOCC2)n1. The molecule has 0 bridgehead atoms. The predicted molar refractivity (Wildman–Crippen MR) is 83.3 cm³/mol. The van der Waals surface area contributed by atoms with Crippen molar-refractivity contribution in [3.05, 3.63) is 11.8 Å². The second-order valence-corrected chi connectivity index (χ2v) is 6.34. The van der Waals surface area contributed by atoms with Crippen LogP contribution >= 0.6 is 0 Å². The summed E-state index contributed by atoms with van der Waals surface area (Å²) in [6.45, 7) is 7.65. The average Bonchev–Trinajstić information content (AvgIpc) is 2.50. The number of aliphatic hydroxyl groups is 2. The summed E-state index contributed by atoms with van der Waals surface area (Å²) in [5.74, 6) is 1.52.